The van der Waals surface area contributed by atoms with Gasteiger partial charge in [0.2, 0.25) is 11.8 Å². The van der Waals surface area contributed by atoms with Crippen molar-refractivity contribution in [3.63, 3.8) is 0 Å². The summed E-state index contributed by atoms with van der Waals surface area (Å²) in [7, 11) is 0. The number of carbonyl (C=O) groups is 4. The molecule has 31 heteroatoms. The first-order valence-corrected chi connectivity index (χ1v) is 34.5. The number of hydrogen-bond acceptors (Lipinski definition) is 25. The van der Waals surface area contributed by atoms with E-state index in [4.69, 9.17) is 33.2 Å². The van der Waals surface area contributed by atoms with Gasteiger partial charge in [0.1, 0.15) is 102 Å². The van der Waals surface area contributed by atoms with Crippen LogP contribution >= 0.6 is 0 Å². The molecule has 98 heavy (non-hydrogen) atoms. The molecular formula is C67H95F2N9O20. The van der Waals surface area contributed by atoms with Gasteiger partial charge in [0, 0.05) is 62.1 Å². The second-order valence-electron chi connectivity index (χ2n) is 27.5. The number of likely N-dealkylation sites (tertiary alicyclic amines) is 1. The molecule has 5 aliphatic heterocycles. The van der Waals surface area contributed by atoms with Gasteiger partial charge in [-0.25, -0.2) is 13.5 Å². The lowest BCUT2D eigenvalue weighted by molar-refractivity contribution is -0.338. The Hall–Kier alpha value is -5.82. The average Bonchev–Trinajstić information content (AvgIpc) is 1.13. The van der Waals surface area contributed by atoms with Gasteiger partial charge in [-0.15, -0.1) is 10.6 Å². The summed E-state index contributed by atoms with van der Waals surface area (Å²) in [6.07, 6.45) is -15.9. The topological polar surface area (TPSA) is 400 Å². The average molecular weight is 1380 g/mol. The fraction of sp³-hybridized carbons (Fsp3) is 0.701. The largest absolute Gasteiger partial charge is 0.394 e. The van der Waals surface area contributed by atoms with Crippen molar-refractivity contribution in [2.24, 2.45) is 23.7 Å². The fourth-order valence-electron chi connectivity index (χ4n) is 15.2. The molecule has 2 aromatic carbocycles. The van der Waals surface area contributed by atoms with Gasteiger partial charge in [0.15, 0.2) is 18.9 Å². The van der Waals surface area contributed by atoms with Crippen LogP contribution in [0.4, 0.5) is 8.78 Å². The molecule has 0 bridgehead atoms. The van der Waals surface area contributed by atoms with Crippen LogP contribution in [0.5, 0.6) is 0 Å². The van der Waals surface area contributed by atoms with Crippen LogP contribution < -0.4 is 21.6 Å². The lowest BCUT2D eigenvalue weighted by Crippen LogP contribution is -2.67. The van der Waals surface area contributed by atoms with Crippen LogP contribution in [0.25, 0.3) is 17.0 Å². The first-order valence-electron chi connectivity index (χ1n) is 34.5. The van der Waals surface area contributed by atoms with Gasteiger partial charge in [-0.1, -0.05) is 74.9 Å². The van der Waals surface area contributed by atoms with Crippen molar-refractivity contribution in [2.45, 2.75) is 239 Å². The highest BCUT2D eigenvalue weighted by Crippen LogP contribution is 2.43. The highest BCUT2D eigenvalue weighted by Gasteiger charge is 2.55. The zero-order valence-corrected chi connectivity index (χ0v) is 55.1. The highest BCUT2D eigenvalue weighted by molar-refractivity contribution is 5.82. The highest BCUT2D eigenvalue weighted by atomic mass is 19.1. The molecule has 3 saturated carbocycles. The number of aliphatic hydroxyl groups excluding tert-OH is 9. The molecule has 3 amide bonds. The van der Waals surface area contributed by atoms with Crippen molar-refractivity contribution < 1.29 is 107 Å². The van der Waals surface area contributed by atoms with E-state index in [0.717, 1.165) is 38.5 Å². The van der Waals surface area contributed by atoms with Gasteiger partial charge < -0.3 is 100 Å². The molecule has 10 unspecified atom stereocenters. The van der Waals surface area contributed by atoms with Gasteiger partial charge in [-0.3, -0.25) is 24.2 Å². The Morgan fingerprint density at radius 2 is 1.41 bits per heavy atom. The number of ketones is 1. The summed E-state index contributed by atoms with van der Waals surface area (Å²) >= 11 is 0. The van der Waals surface area contributed by atoms with E-state index in [1.54, 1.807) is 17.0 Å². The lowest BCUT2D eigenvalue weighted by atomic mass is 9.74. The van der Waals surface area contributed by atoms with Crippen LogP contribution in [0.1, 0.15) is 122 Å². The molecule has 3 aliphatic carbocycles. The summed E-state index contributed by atoms with van der Waals surface area (Å²) in [4.78, 5) is 58.4. The van der Waals surface area contributed by atoms with E-state index in [2.05, 4.69) is 31.9 Å². The fourth-order valence-corrected chi connectivity index (χ4v) is 15.2. The lowest BCUT2D eigenvalue weighted by Gasteiger charge is -2.49. The van der Waals surface area contributed by atoms with Crippen molar-refractivity contribution in [2.75, 3.05) is 32.8 Å². The van der Waals surface area contributed by atoms with Crippen molar-refractivity contribution in [1.29, 1.82) is 0 Å². The molecule has 542 valence electrons. The summed E-state index contributed by atoms with van der Waals surface area (Å²) in [5, 5.41) is 117. The summed E-state index contributed by atoms with van der Waals surface area (Å²) in [5.74, 6) is -4.61. The van der Waals surface area contributed by atoms with Crippen LogP contribution in [-0.2, 0) is 52.3 Å². The van der Waals surface area contributed by atoms with E-state index in [-0.39, 0.29) is 68.4 Å². The quantitative estimate of drug-likeness (QED) is 0.0500. The van der Waals surface area contributed by atoms with Crippen LogP contribution in [0.3, 0.4) is 0 Å². The molecule has 7 fully saturated rings. The summed E-state index contributed by atoms with van der Waals surface area (Å²) in [6, 6.07) is 7.73. The van der Waals surface area contributed by atoms with E-state index in [1.165, 1.54) is 72.3 Å². The molecular weight excluding hydrogens is 1290 g/mol. The molecule has 1 aromatic heterocycles. The Morgan fingerprint density at radius 1 is 0.735 bits per heavy atom. The number of rotatable bonds is 25. The summed E-state index contributed by atoms with van der Waals surface area (Å²) < 4.78 is 74.8. The molecule has 13 N–H and O–H groups in total. The van der Waals surface area contributed by atoms with Crippen LogP contribution in [0.15, 0.2) is 60.9 Å². The Balaban J connectivity index is 0.800. The van der Waals surface area contributed by atoms with Crippen molar-refractivity contribution in [3.8, 4) is 11.3 Å². The number of carbonyl (C=O) groups excluding carboxylic acids is 4. The van der Waals surface area contributed by atoms with E-state index >= 15 is 0 Å². The van der Waals surface area contributed by atoms with Crippen LogP contribution in [0.2, 0.25) is 0 Å². The third-order valence-electron chi connectivity index (χ3n) is 20.8. The standard InChI is InChI=1S/C67H95F2N9O20/c1-4-36-23-39(27-48(61(36)98-67-60(89)59(88)54(83)33(2)92-67)95-65-52(71-34(3)81)62(57(86)51(32-80)96-65)93-49(64(91)76-20-11-21-76)22-35-12-6-5-7-13-35)46(82)18-10-19-70-63(90)40-26-45(77-29-43(72-74-77)37-14-8-16-41(68)24-37)55(84)47(28-40)94-66-58(87)53(56(85)50(31-79)97-66)78-30-44(73-75-78)38-15-9-17-42(69)25-38/h8-9,14-17,24-25,29-30,33,35-36,39-40,45,47-62,65-67,73,75,79-80,83-89H,4-7,10-13,18-23,26-28,31-32H2,1-3H3,(H,70,90)(H,71,81)/t33?,36?,39?,40-,45?,47+,48+,49-,50?,51?,52?,53?,54+,55?,56-,57-,58+,59-,60?,61+,62+,65+,66+,67-/m0/s1. The minimum Gasteiger partial charge on any atom is -0.394 e. The number of aromatic nitrogens is 3. The maximum atomic E-state index is 14.7. The van der Waals surface area contributed by atoms with E-state index in [1.807, 2.05) is 6.92 Å². The second-order valence-corrected chi connectivity index (χ2v) is 27.5. The van der Waals surface area contributed by atoms with Gasteiger partial charge in [-0.05, 0) is 88.0 Å². The maximum absolute atomic E-state index is 14.7. The zero-order valence-electron chi connectivity index (χ0n) is 55.1. The summed E-state index contributed by atoms with van der Waals surface area (Å²) in [5.41, 5.74) is 7.18. The van der Waals surface area contributed by atoms with E-state index < -0.39 is 183 Å². The normalized spacial score (nSPS) is 36.6. The first kappa shape index (κ1) is 73.4. The number of halogens is 2. The third kappa shape index (κ3) is 16.7. The molecule has 24 atom stereocenters. The monoisotopic (exact) mass is 1380 g/mol. The Bertz CT molecular complexity index is 3210. The minimum absolute atomic E-state index is 0.0154. The maximum Gasteiger partial charge on any atom is 0.251 e. The number of amides is 3. The Morgan fingerprint density at radius 3 is 2.09 bits per heavy atom. The number of hydrogen-bond donors (Lipinski definition) is 13. The van der Waals surface area contributed by atoms with Crippen molar-refractivity contribution in [3.05, 3.63) is 78.1 Å². The van der Waals surface area contributed by atoms with Gasteiger partial charge in [-0.2, -0.15) is 0 Å². The molecule has 0 radical (unpaired) electrons. The van der Waals surface area contributed by atoms with Crippen molar-refractivity contribution >= 4 is 29.2 Å². The molecule has 11 rings (SSSR count). The molecule has 4 saturated heterocycles. The smallest absolute Gasteiger partial charge is 0.251 e. The van der Waals surface area contributed by atoms with Gasteiger partial charge in [0.25, 0.3) is 5.91 Å². The molecule has 8 aliphatic rings. The molecule has 29 nitrogen and oxygen atoms in total. The molecule has 6 heterocycles. The van der Waals surface area contributed by atoms with E-state index in [0.29, 0.717) is 42.8 Å². The third-order valence-corrected chi connectivity index (χ3v) is 20.8. The van der Waals surface area contributed by atoms with Gasteiger partial charge >= 0.3 is 0 Å². The van der Waals surface area contributed by atoms with Crippen LogP contribution in [-0.4, -0.2) is 250 Å². The number of hydrazine groups is 2. The predicted octanol–water partition coefficient (Wildman–Crippen LogP) is 0.0904. The minimum atomic E-state index is -1.73. The Labute approximate surface area is 566 Å². The number of benzene rings is 2. The number of nitrogens with zero attached hydrogens (tertiary/aromatic N) is 5. The number of ether oxygens (including phenoxy) is 7. The number of nitrogens with one attached hydrogen (secondary N) is 4. The summed E-state index contributed by atoms with van der Waals surface area (Å²) in [6.45, 7) is 4.22. The van der Waals surface area contributed by atoms with Gasteiger partial charge in [0.05, 0.1) is 55.6 Å². The van der Waals surface area contributed by atoms with E-state index in [9.17, 15) is 73.9 Å². The molecule has 3 aromatic rings. The molecule has 0 spiro atoms. The Kier molecular flexibility index (Phi) is 24.6. The predicted molar refractivity (Wildman–Crippen MR) is 338 cm³/mol. The van der Waals surface area contributed by atoms with Crippen molar-refractivity contribution in [1.82, 2.24) is 46.5 Å². The second kappa shape index (κ2) is 32.9. The number of aliphatic hydroxyl groups is 9. The first-order chi connectivity index (χ1) is 47.1. The zero-order chi connectivity index (χ0) is 69.6. The SMILES string of the molecule is CCC1CC(C(=O)CCCNC(=O)[C@H]2CC(n3cc(-c4cccc(F)c4)nn3)C(O)[C@H](O[C@@H]3OC(CO)[C@H](O)C(N4C=C(c5cccc(F)c5)NN4)[C@H]3O)C2)C[C@@H](O[C@@H]2OC(CO)[C@H](O)[C@H](O[C@@H](CC3CCCCC3)C(=O)N3CCC3)C2NC(C)=O)[C@@H]1O[C@@H]1OC(C)[C@@H](O)[C@H](O)C1O. The number of Topliss-reactive ketones (excluding diaryl/α,β-unsaturated/α-hetero) is 1. The van der Waals surface area contributed by atoms with Crippen LogP contribution in [0, 0.1) is 35.3 Å².